The second-order valence-corrected chi connectivity index (χ2v) is 4.03. The van der Waals surface area contributed by atoms with Crippen LogP contribution in [0, 0.1) is 0 Å². The molecule has 0 saturated carbocycles. The van der Waals surface area contributed by atoms with Gasteiger partial charge in [0.25, 0.3) is 0 Å². The molecule has 2 aromatic rings. The Morgan fingerprint density at radius 2 is 2.27 bits per heavy atom. The van der Waals surface area contributed by atoms with Crippen molar-refractivity contribution in [1.82, 2.24) is 4.57 Å². The summed E-state index contributed by atoms with van der Waals surface area (Å²) in [5.41, 5.74) is 2.40. The van der Waals surface area contributed by atoms with Gasteiger partial charge in [0.1, 0.15) is 5.75 Å². The van der Waals surface area contributed by atoms with Crippen molar-refractivity contribution in [3.8, 4) is 5.75 Å². The molecule has 15 heavy (non-hydrogen) atoms. The molecule has 1 atom stereocenters. The highest BCUT2D eigenvalue weighted by atomic mass is 16.5. The third-order valence-electron chi connectivity index (χ3n) is 3.03. The van der Waals surface area contributed by atoms with Crippen molar-refractivity contribution < 1.29 is 9.84 Å². The monoisotopic (exact) mass is 203 g/mol. The molecule has 0 spiro atoms. The Morgan fingerprint density at radius 3 is 3.07 bits per heavy atom. The highest BCUT2D eigenvalue weighted by molar-refractivity contribution is 5.83. The lowest BCUT2D eigenvalue weighted by molar-refractivity contribution is 0.176. The van der Waals surface area contributed by atoms with E-state index in [9.17, 15) is 5.11 Å². The van der Waals surface area contributed by atoms with Gasteiger partial charge in [0.2, 0.25) is 0 Å². The molecule has 3 rings (SSSR count). The van der Waals surface area contributed by atoms with Gasteiger partial charge in [0, 0.05) is 29.6 Å². The first kappa shape index (κ1) is 8.80. The number of rotatable bonds is 1. The normalized spacial score (nSPS) is 19.5. The third-order valence-corrected chi connectivity index (χ3v) is 3.03. The van der Waals surface area contributed by atoms with E-state index in [1.54, 1.807) is 7.11 Å². The number of benzene rings is 1. The second-order valence-electron chi connectivity index (χ2n) is 4.03. The van der Waals surface area contributed by atoms with Crippen LogP contribution in [0.5, 0.6) is 5.75 Å². The van der Waals surface area contributed by atoms with Crippen molar-refractivity contribution in [1.29, 1.82) is 0 Å². The van der Waals surface area contributed by atoms with E-state index in [0.29, 0.717) is 6.54 Å². The summed E-state index contributed by atoms with van der Waals surface area (Å²) in [6.07, 6.45) is 0.545. The fraction of sp³-hybridized carbons (Fsp3) is 0.333. The molecule has 78 valence electrons. The van der Waals surface area contributed by atoms with Gasteiger partial charge in [-0.05, 0) is 24.3 Å². The Hall–Kier alpha value is -1.48. The average molecular weight is 203 g/mol. The second kappa shape index (κ2) is 3.00. The number of aliphatic hydroxyl groups excluding tert-OH is 1. The largest absolute Gasteiger partial charge is 0.497 e. The molecule has 0 amide bonds. The van der Waals surface area contributed by atoms with Crippen molar-refractivity contribution in [2.45, 2.75) is 19.1 Å². The van der Waals surface area contributed by atoms with Gasteiger partial charge >= 0.3 is 0 Å². The van der Waals surface area contributed by atoms with Crippen LogP contribution >= 0.6 is 0 Å². The van der Waals surface area contributed by atoms with Gasteiger partial charge in [-0.2, -0.15) is 0 Å². The Morgan fingerprint density at radius 1 is 1.40 bits per heavy atom. The number of ether oxygens (including phenoxy) is 1. The van der Waals surface area contributed by atoms with Crippen LogP contribution in [0.1, 0.15) is 5.69 Å². The van der Waals surface area contributed by atoms with E-state index in [4.69, 9.17) is 4.74 Å². The van der Waals surface area contributed by atoms with E-state index in [1.165, 1.54) is 16.6 Å². The van der Waals surface area contributed by atoms with Gasteiger partial charge in [-0.15, -0.1) is 0 Å². The molecular weight excluding hydrogens is 190 g/mol. The van der Waals surface area contributed by atoms with Crippen LogP contribution in [0.25, 0.3) is 10.9 Å². The van der Waals surface area contributed by atoms with E-state index in [0.717, 1.165) is 12.2 Å². The summed E-state index contributed by atoms with van der Waals surface area (Å²) in [6, 6.07) is 8.18. The molecule has 1 unspecified atom stereocenters. The summed E-state index contributed by atoms with van der Waals surface area (Å²) in [6.45, 7) is 0.713. The molecule has 0 bridgehead atoms. The van der Waals surface area contributed by atoms with Crippen LogP contribution in [0.4, 0.5) is 0 Å². The molecule has 3 heteroatoms. The molecule has 1 N–H and O–H groups in total. The van der Waals surface area contributed by atoms with Gasteiger partial charge in [0.05, 0.1) is 13.2 Å². The van der Waals surface area contributed by atoms with Crippen LogP contribution in [-0.2, 0) is 13.0 Å². The van der Waals surface area contributed by atoms with Crippen molar-refractivity contribution in [2.75, 3.05) is 7.11 Å². The van der Waals surface area contributed by atoms with Crippen LogP contribution < -0.4 is 4.74 Å². The summed E-state index contributed by atoms with van der Waals surface area (Å²) in [5.74, 6) is 0.882. The van der Waals surface area contributed by atoms with Gasteiger partial charge in [-0.1, -0.05) is 0 Å². The van der Waals surface area contributed by atoms with Crippen LogP contribution in [0.15, 0.2) is 24.3 Å². The highest BCUT2D eigenvalue weighted by Crippen LogP contribution is 2.28. The zero-order valence-corrected chi connectivity index (χ0v) is 8.60. The maximum atomic E-state index is 9.55. The first-order chi connectivity index (χ1) is 7.28. The van der Waals surface area contributed by atoms with Gasteiger partial charge in [-0.3, -0.25) is 0 Å². The van der Waals surface area contributed by atoms with Crippen LogP contribution in [0.3, 0.4) is 0 Å². The first-order valence-electron chi connectivity index (χ1n) is 5.12. The first-order valence-corrected chi connectivity index (χ1v) is 5.12. The number of hydrogen-bond donors (Lipinski definition) is 1. The summed E-state index contributed by atoms with van der Waals surface area (Å²) in [7, 11) is 1.68. The minimum atomic E-state index is -0.216. The van der Waals surface area contributed by atoms with E-state index < -0.39 is 0 Å². The van der Waals surface area contributed by atoms with E-state index in [-0.39, 0.29) is 6.10 Å². The van der Waals surface area contributed by atoms with E-state index in [1.807, 2.05) is 12.1 Å². The summed E-state index contributed by atoms with van der Waals surface area (Å²) in [5, 5.41) is 10.7. The summed E-state index contributed by atoms with van der Waals surface area (Å²) in [4.78, 5) is 0. The molecule has 0 saturated heterocycles. The Kier molecular flexibility index (Phi) is 1.76. The molecular formula is C12H13NO2. The molecule has 2 heterocycles. The van der Waals surface area contributed by atoms with Crippen molar-refractivity contribution in [3.63, 3.8) is 0 Å². The predicted octanol–water partition coefficient (Wildman–Crippen LogP) is 1.57. The molecule has 0 fully saturated rings. The van der Waals surface area contributed by atoms with Crippen molar-refractivity contribution in [2.24, 2.45) is 0 Å². The number of hydrogen-bond acceptors (Lipinski definition) is 2. The molecule has 1 aromatic carbocycles. The Balaban J connectivity index is 2.19. The van der Waals surface area contributed by atoms with E-state index in [2.05, 4.69) is 16.7 Å². The highest BCUT2D eigenvalue weighted by Gasteiger charge is 2.21. The van der Waals surface area contributed by atoms with E-state index >= 15 is 0 Å². The number of methoxy groups -OCH3 is 1. The smallest absolute Gasteiger partial charge is 0.119 e. The van der Waals surface area contributed by atoms with Crippen molar-refractivity contribution in [3.05, 3.63) is 30.0 Å². The van der Waals surface area contributed by atoms with Crippen molar-refractivity contribution >= 4 is 10.9 Å². The Bertz CT molecular complexity index is 516. The SMILES string of the molecule is COc1ccc2c(c1)cc1n2CC(O)C1. The van der Waals surface area contributed by atoms with Gasteiger partial charge < -0.3 is 14.4 Å². The summed E-state index contributed by atoms with van der Waals surface area (Å²) < 4.78 is 7.37. The zero-order chi connectivity index (χ0) is 10.4. The van der Waals surface area contributed by atoms with Crippen LogP contribution in [-0.4, -0.2) is 22.9 Å². The lowest BCUT2D eigenvalue weighted by atomic mass is 10.2. The summed E-state index contributed by atoms with van der Waals surface area (Å²) >= 11 is 0. The maximum Gasteiger partial charge on any atom is 0.119 e. The standard InChI is InChI=1S/C12H13NO2/c1-15-11-2-3-12-8(5-11)4-9-6-10(14)7-13(9)12/h2-5,10,14H,6-7H2,1H3. The molecule has 1 aliphatic rings. The maximum absolute atomic E-state index is 9.55. The molecule has 0 radical (unpaired) electrons. The number of nitrogens with zero attached hydrogens (tertiary/aromatic N) is 1. The predicted molar refractivity (Wildman–Crippen MR) is 58.2 cm³/mol. The minimum Gasteiger partial charge on any atom is -0.497 e. The van der Waals surface area contributed by atoms with Gasteiger partial charge in [-0.25, -0.2) is 0 Å². The third kappa shape index (κ3) is 1.23. The number of aromatic nitrogens is 1. The molecule has 0 aliphatic carbocycles. The molecule has 1 aliphatic heterocycles. The lowest BCUT2D eigenvalue weighted by Gasteiger charge is -2.03. The topological polar surface area (TPSA) is 34.4 Å². The lowest BCUT2D eigenvalue weighted by Crippen LogP contribution is -2.06. The minimum absolute atomic E-state index is 0.216. The fourth-order valence-corrected chi connectivity index (χ4v) is 2.33. The zero-order valence-electron chi connectivity index (χ0n) is 8.60. The number of aliphatic hydroxyl groups is 1. The van der Waals surface area contributed by atoms with Gasteiger partial charge in [0.15, 0.2) is 0 Å². The molecule has 1 aromatic heterocycles. The Labute approximate surface area is 87.9 Å². The molecule has 3 nitrogen and oxygen atoms in total. The number of fused-ring (bicyclic) bond motifs is 3. The average Bonchev–Trinajstić information content (AvgIpc) is 2.72. The van der Waals surface area contributed by atoms with Crippen LogP contribution in [0.2, 0.25) is 0 Å². The fourth-order valence-electron chi connectivity index (χ4n) is 2.33. The quantitative estimate of drug-likeness (QED) is 0.763.